The largest absolute Gasteiger partial charge is 0.460 e. The number of ether oxygens (including phenoxy) is 3. The summed E-state index contributed by atoms with van der Waals surface area (Å²) in [5, 5.41) is 10.4. The molecule has 1 N–H and O–H groups in total. The first kappa shape index (κ1) is 19.4. The number of fused-ring (bicyclic) bond motifs is 1. The Morgan fingerprint density at radius 2 is 2.04 bits per heavy atom. The summed E-state index contributed by atoms with van der Waals surface area (Å²) in [5.41, 5.74) is 0. The van der Waals surface area contributed by atoms with E-state index >= 15 is 0 Å². The van der Waals surface area contributed by atoms with E-state index in [1.807, 2.05) is 26.0 Å². The highest BCUT2D eigenvalue weighted by Crippen LogP contribution is 2.32. The van der Waals surface area contributed by atoms with Gasteiger partial charge in [-0.15, -0.1) is 0 Å². The van der Waals surface area contributed by atoms with Crippen LogP contribution in [0, 0.1) is 0 Å². The van der Waals surface area contributed by atoms with Crippen molar-refractivity contribution >= 4 is 5.97 Å². The maximum atomic E-state index is 12.2. The SMILES string of the molecule is CCCCCCC1OC(=O)CC[C@H]2OC(C)(C)O[C@@H]2/C=C/C[C@@H]1O. The van der Waals surface area contributed by atoms with Crippen LogP contribution < -0.4 is 0 Å². The molecule has 2 rings (SSSR count). The number of cyclic esters (lactones) is 1. The summed E-state index contributed by atoms with van der Waals surface area (Å²) in [5.74, 6) is -0.905. The van der Waals surface area contributed by atoms with Crippen molar-refractivity contribution in [2.45, 2.75) is 102 Å². The molecule has 0 saturated carbocycles. The Bertz CT molecular complexity index is 431. The lowest BCUT2D eigenvalue weighted by Gasteiger charge is -2.22. The molecule has 0 aliphatic carbocycles. The van der Waals surface area contributed by atoms with Gasteiger partial charge in [0.25, 0.3) is 0 Å². The van der Waals surface area contributed by atoms with Gasteiger partial charge < -0.3 is 19.3 Å². The minimum absolute atomic E-state index is 0.151. The first-order valence-corrected chi connectivity index (χ1v) is 9.31. The molecule has 5 heteroatoms. The molecule has 2 aliphatic rings. The normalized spacial score (nSPS) is 34.9. The molecule has 0 spiro atoms. The molecule has 1 saturated heterocycles. The van der Waals surface area contributed by atoms with E-state index in [-0.39, 0.29) is 24.6 Å². The van der Waals surface area contributed by atoms with Gasteiger partial charge in [-0.25, -0.2) is 0 Å². The first-order valence-electron chi connectivity index (χ1n) is 9.31. The predicted octanol–water partition coefficient (Wildman–Crippen LogP) is 3.49. The van der Waals surface area contributed by atoms with E-state index in [4.69, 9.17) is 14.2 Å². The van der Waals surface area contributed by atoms with Crippen molar-refractivity contribution in [2.24, 2.45) is 0 Å². The van der Waals surface area contributed by atoms with Gasteiger partial charge in [0, 0.05) is 6.42 Å². The lowest BCUT2D eigenvalue weighted by molar-refractivity contribution is -0.158. The van der Waals surface area contributed by atoms with Gasteiger partial charge in [-0.3, -0.25) is 4.79 Å². The lowest BCUT2D eigenvalue weighted by atomic mass is 10.0. The minimum Gasteiger partial charge on any atom is -0.460 e. The molecule has 0 aromatic rings. The van der Waals surface area contributed by atoms with E-state index in [2.05, 4.69) is 6.92 Å². The number of carbonyl (C=O) groups is 1. The summed E-state index contributed by atoms with van der Waals surface area (Å²) < 4.78 is 17.3. The molecule has 0 radical (unpaired) electrons. The second-order valence-corrected chi connectivity index (χ2v) is 7.29. The molecule has 0 aromatic carbocycles. The Morgan fingerprint density at radius 1 is 1.25 bits per heavy atom. The Morgan fingerprint density at radius 3 is 2.79 bits per heavy atom. The average molecular weight is 340 g/mol. The van der Waals surface area contributed by atoms with Gasteiger partial charge in [-0.2, -0.15) is 0 Å². The number of hydrogen-bond acceptors (Lipinski definition) is 5. The summed E-state index contributed by atoms with van der Waals surface area (Å²) in [7, 11) is 0. The van der Waals surface area contributed by atoms with Crippen molar-refractivity contribution in [2.75, 3.05) is 0 Å². The molecule has 24 heavy (non-hydrogen) atoms. The number of aliphatic hydroxyl groups excluding tert-OH is 1. The van der Waals surface area contributed by atoms with E-state index in [1.54, 1.807) is 0 Å². The zero-order valence-electron chi connectivity index (χ0n) is 15.2. The van der Waals surface area contributed by atoms with E-state index in [1.165, 1.54) is 6.42 Å². The molecule has 138 valence electrons. The summed E-state index contributed by atoms with van der Waals surface area (Å²) in [6.07, 6.45) is 8.88. The lowest BCUT2D eigenvalue weighted by Crippen LogP contribution is -2.31. The zero-order chi connectivity index (χ0) is 17.6. The third kappa shape index (κ3) is 5.87. The summed E-state index contributed by atoms with van der Waals surface area (Å²) in [4.78, 5) is 12.2. The molecule has 2 aliphatic heterocycles. The fraction of sp³-hybridized carbons (Fsp3) is 0.842. The van der Waals surface area contributed by atoms with E-state index in [0.717, 1.165) is 19.3 Å². The quantitative estimate of drug-likeness (QED) is 0.471. The number of unbranched alkanes of at least 4 members (excludes halogenated alkanes) is 3. The van der Waals surface area contributed by atoms with Crippen molar-refractivity contribution in [1.82, 2.24) is 0 Å². The number of carbonyl (C=O) groups excluding carboxylic acids is 1. The van der Waals surface area contributed by atoms with Crippen LogP contribution in [0.4, 0.5) is 0 Å². The van der Waals surface area contributed by atoms with Crippen LogP contribution in [0.2, 0.25) is 0 Å². The Hall–Kier alpha value is -0.910. The molecule has 1 unspecified atom stereocenters. The van der Waals surface area contributed by atoms with Gasteiger partial charge in [0.05, 0.1) is 12.2 Å². The van der Waals surface area contributed by atoms with Gasteiger partial charge in [0.15, 0.2) is 5.79 Å². The zero-order valence-corrected chi connectivity index (χ0v) is 15.2. The van der Waals surface area contributed by atoms with Gasteiger partial charge in [-0.05, 0) is 39.5 Å². The van der Waals surface area contributed by atoms with Crippen LogP contribution in [0.15, 0.2) is 12.2 Å². The fourth-order valence-electron chi connectivity index (χ4n) is 3.34. The van der Waals surface area contributed by atoms with Crippen molar-refractivity contribution < 1.29 is 24.1 Å². The Labute approximate surface area is 145 Å². The molecule has 1 fully saturated rings. The van der Waals surface area contributed by atoms with Crippen LogP contribution in [0.3, 0.4) is 0 Å². The maximum Gasteiger partial charge on any atom is 0.306 e. The van der Waals surface area contributed by atoms with Crippen molar-refractivity contribution in [3.63, 3.8) is 0 Å². The van der Waals surface area contributed by atoms with Crippen molar-refractivity contribution in [3.8, 4) is 0 Å². The van der Waals surface area contributed by atoms with Crippen LogP contribution in [-0.4, -0.2) is 41.3 Å². The molecule has 0 amide bonds. The van der Waals surface area contributed by atoms with E-state index < -0.39 is 18.0 Å². The highest BCUT2D eigenvalue weighted by Gasteiger charge is 2.40. The topological polar surface area (TPSA) is 65.0 Å². The van der Waals surface area contributed by atoms with Gasteiger partial charge in [0.1, 0.15) is 12.2 Å². The minimum atomic E-state index is -0.668. The van der Waals surface area contributed by atoms with Crippen LogP contribution >= 0.6 is 0 Å². The standard InChI is InChI=1S/C19H32O5/c1-4-5-6-7-10-15-14(20)9-8-11-16-17(12-13-18(21)22-15)24-19(2,3)23-16/h8,11,14-17,20H,4-7,9-10,12-13H2,1-3H3/b11-8+/t14-,15?,16+,17+/m0/s1. The highest BCUT2D eigenvalue weighted by molar-refractivity contribution is 5.69. The number of hydrogen-bond donors (Lipinski definition) is 1. The number of aliphatic hydroxyl groups is 1. The van der Waals surface area contributed by atoms with Crippen molar-refractivity contribution in [1.29, 1.82) is 0 Å². The predicted molar refractivity (Wildman–Crippen MR) is 91.5 cm³/mol. The first-order chi connectivity index (χ1) is 11.4. The van der Waals surface area contributed by atoms with E-state index in [9.17, 15) is 9.90 Å². The van der Waals surface area contributed by atoms with Gasteiger partial charge >= 0.3 is 5.97 Å². The average Bonchev–Trinajstić information content (AvgIpc) is 2.81. The molecular weight excluding hydrogens is 308 g/mol. The monoisotopic (exact) mass is 340 g/mol. The van der Waals surface area contributed by atoms with Crippen LogP contribution in [0.5, 0.6) is 0 Å². The summed E-state index contributed by atoms with van der Waals surface area (Å²) in [6, 6.07) is 0. The number of esters is 1. The third-order valence-electron chi connectivity index (χ3n) is 4.61. The smallest absolute Gasteiger partial charge is 0.306 e. The van der Waals surface area contributed by atoms with Crippen molar-refractivity contribution in [3.05, 3.63) is 12.2 Å². The second kappa shape index (κ2) is 8.97. The molecule has 2 heterocycles. The summed E-state index contributed by atoms with van der Waals surface area (Å²) in [6.45, 7) is 5.91. The van der Waals surface area contributed by atoms with Gasteiger partial charge in [-0.1, -0.05) is 38.3 Å². The third-order valence-corrected chi connectivity index (χ3v) is 4.61. The Kier molecular flexibility index (Phi) is 7.26. The fourth-order valence-corrected chi connectivity index (χ4v) is 3.34. The van der Waals surface area contributed by atoms with Crippen LogP contribution in [0.25, 0.3) is 0 Å². The molecule has 0 bridgehead atoms. The van der Waals surface area contributed by atoms with Gasteiger partial charge in [0.2, 0.25) is 0 Å². The summed E-state index contributed by atoms with van der Waals surface area (Å²) >= 11 is 0. The van der Waals surface area contributed by atoms with E-state index in [0.29, 0.717) is 19.3 Å². The molecular formula is C19H32O5. The maximum absolute atomic E-state index is 12.2. The molecule has 0 aromatic heterocycles. The van der Waals surface area contributed by atoms with Crippen LogP contribution in [0.1, 0.15) is 72.1 Å². The highest BCUT2D eigenvalue weighted by atomic mass is 16.7. The van der Waals surface area contributed by atoms with Crippen LogP contribution in [-0.2, 0) is 19.0 Å². The second-order valence-electron chi connectivity index (χ2n) is 7.29. The number of rotatable bonds is 5. The Balaban J connectivity index is 1.97. The molecule has 4 atom stereocenters. The molecule has 5 nitrogen and oxygen atoms in total.